The summed E-state index contributed by atoms with van der Waals surface area (Å²) in [5.74, 6) is 0.649. The summed E-state index contributed by atoms with van der Waals surface area (Å²) in [6.45, 7) is -0.414. The molecule has 0 bridgehead atoms. The van der Waals surface area contributed by atoms with E-state index in [4.69, 9.17) is 30.5 Å². The molecule has 0 aliphatic heterocycles. The molecule has 0 aliphatic rings. The van der Waals surface area contributed by atoms with Crippen molar-refractivity contribution in [1.82, 2.24) is 5.32 Å². The maximum absolute atomic E-state index is 13.9. The molecule has 0 saturated heterocycles. The van der Waals surface area contributed by atoms with E-state index in [2.05, 4.69) is 5.32 Å². The number of sulfonamides is 1. The van der Waals surface area contributed by atoms with Crippen molar-refractivity contribution in [2.75, 3.05) is 39.3 Å². The molecule has 0 saturated carbocycles. The first-order valence-electron chi connectivity index (χ1n) is 10.7. The Bertz CT molecular complexity index is 1330. The largest absolute Gasteiger partial charge is 0.497 e. The van der Waals surface area contributed by atoms with Crippen molar-refractivity contribution in [1.29, 1.82) is 0 Å². The minimum Gasteiger partial charge on any atom is -0.497 e. The number of benzene rings is 3. The molecule has 0 heterocycles. The normalized spacial score (nSPS) is 10.9. The first kappa shape index (κ1) is 27.0. The standard InChI is InChI=1S/C25H27ClN2O7S/c1-32-18-9-11-22(33-2)21(13-18)28(16-25(29)27-15-17-7-5-6-8-20(17)26)36(30,31)19-10-12-23(34-3)24(14-19)35-4/h5-14H,15-16H2,1-4H3,(H,27,29). The Kier molecular flexibility index (Phi) is 8.89. The van der Waals surface area contributed by atoms with Crippen molar-refractivity contribution in [3.63, 3.8) is 0 Å². The minimum absolute atomic E-state index is 0.107. The van der Waals surface area contributed by atoms with Crippen LogP contribution in [0.25, 0.3) is 0 Å². The summed E-state index contributed by atoms with van der Waals surface area (Å²) in [7, 11) is 1.43. The van der Waals surface area contributed by atoms with E-state index in [-0.39, 0.29) is 28.6 Å². The number of rotatable bonds is 11. The first-order chi connectivity index (χ1) is 17.2. The molecule has 11 heteroatoms. The summed E-state index contributed by atoms with van der Waals surface area (Å²) < 4.78 is 49.9. The lowest BCUT2D eigenvalue weighted by molar-refractivity contribution is -0.119. The molecule has 0 aliphatic carbocycles. The van der Waals surface area contributed by atoms with E-state index in [0.29, 0.717) is 22.1 Å². The molecule has 9 nitrogen and oxygen atoms in total. The molecule has 0 aromatic heterocycles. The zero-order valence-electron chi connectivity index (χ0n) is 20.3. The zero-order valence-corrected chi connectivity index (χ0v) is 21.9. The molecule has 1 N–H and O–H groups in total. The van der Waals surface area contributed by atoms with Crippen LogP contribution in [0.1, 0.15) is 5.56 Å². The number of nitrogens with one attached hydrogen (secondary N) is 1. The molecule has 0 fully saturated rings. The Morgan fingerprint density at radius 3 is 2.17 bits per heavy atom. The van der Waals surface area contributed by atoms with Crippen LogP contribution < -0.4 is 28.6 Å². The Balaban J connectivity index is 2.03. The molecular formula is C25H27ClN2O7S. The number of ether oxygens (including phenoxy) is 4. The molecule has 0 radical (unpaired) electrons. The molecule has 3 rings (SSSR count). The number of hydrogen-bond donors (Lipinski definition) is 1. The van der Waals surface area contributed by atoms with E-state index >= 15 is 0 Å². The van der Waals surface area contributed by atoms with Gasteiger partial charge in [0.2, 0.25) is 5.91 Å². The number of amides is 1. The number of carbonyl (C=O) groups is 1. The fraction of sp³-hybridized carbons (Fsp3) is 0.240. The average molecular weight is 535 g/mol. The predicted molar refractivity (Wildman–Crippen MR) is 137 cm³/mol. The second-order valence-electron chi connectivity index (χ2n) is 7.43. The highest BCUT2D eigenvalue weighted by Crippen LogP contribution is 2.37. The Morgan fingerprint density at radius 2 is 1.53 bits per heavy atom. The highest BCUT2D eigenvalue weighted by Gasteiger charge is 2.31. The summed E-state index contributed by atoms with van der Waals surface area (Å²) in [6.07, 6.45) is 0. The van der Waals surface area contributed by atoms with Gasteiger partial charge < -0.3 is 24.3 Å². The minimum atomic E-state index is -4.28. The third kappa shape index (κ3) is 5.95. The molecule has 3 aromatic carbocycles. The van der Waals surface area contributed by atoms with Gasteiger partial charge in [-0.25, -0.2) is 8.42 Å². The lowest BCUT2D eigenvalue weighted by atomic mass is 10.2. The maximum atomic E-state index is 13.9. The maximum Gasteiger partial charge on any atom is 0.265 e. The Hall–Kier alpha value is -3.63. The summed E-state index contributed by atoms with van der Waals surface area (Å²) in [4.78, 5) is 12.9. The van der Waals surface area contributed by atoms with Crippen molar-refractivity contribution >= 4 is 33.2 Å². The van der Waals surface area contributed by atoms with Crippen LogP contribution in [-0.2, 0) is 21.4 Å². The van der Waals surface area contributed by atoms with Crippen molar-refractivity contribution in [2.24, 2.45) is 0 Å². The van der Waals surface area contributed by atoms with Crippen LogP contribution in [-0.4, -0.2) is 49.3 Å². The van der Waals surface area contributed by atoms with Crippen molar-refractivity contribution < 1.29 is 32.2 Å². The molecule has 0 unspecified atom stereocenters. The number of anilines is 1. The third-order valence-corrected chi connectivity index (χ3v) is 7.44. The first-order valence-corrected chi connectivity index (χ1v) is 12.5. The number of methoxy groups -OCH3 is 4. The van der Waals surface area contributed by atoms with Gasteiger partial charge in [-0.05, 0) is 35.9 Å². The van der Waals surface area contributed by atoms with Crippen LogP contribution in [0.2, 0.25) is 5.02 Å². The summed E-state index contributed by atoms with van der Waals surface area (Å²) in [5, 5.41) is 3.21. The van der Waals surface area contributed by atoms with Crippen LogP contribution in [0.15, 0.2) is 65.6 Å². The average Bonchev–Trinajstić information content (AvgIpc) is 2.90. The SMILES string of the molecule is COc1ccc(OC)c(N(CC(=O)NCc2ccccc2Cl)S(=O)(=O)c2ccc(OC)c(OC)c2)c1. The number of hydrogen-bond acceptors (Lipinski definition) is 7. The predicted octanol–water partition coefficient (Wildman–Crippen LogP) is 3.89. The molecule has 192 valence electrons. The van der Waals surface area contributed by atoms with Gasteiger partial charge >= 0.3 is 0 Å². The molecule has 0 atom stereocenters. The Morgan fingerprint density at radius 1 is 0.861 bits per heavy atom. The van der Waals surface area contributed by atoms with Gasteiger partial charge in [0.1, 0.15) is 18.0 Å². The molecule has 0 spiro atoms. The smallest absolute Gasteiger partial charge is 0.265 e. The second-order valence-corrected chi connectivity index (χ2v) is 9.70. The fourth-order valence-electron chi connectivity index (χ4n) is 3.42. The van der Waals surface area contributed by atoms with Crippen LogP contribution in [0, 0.1) is 0 Å². The fourth-order valence-corrected chi connectivity index (χ4v) is 5.06. The van der Waals surface area contributed by atoms with Crippen molar-refractivity contribution in [3.05, 3.63) is 71.2 Å². The quantitative estimate of drug-likeness (QED) is 0.398. The third-order valence-electron chi connectivity index (χ3n) is 5.32. The number of halogens is 1. The van der Waals surface area contributed by atoms with Gasteiger partial charge in [-0.15, -0.1) is 0 Å². The van der Waals surface area contributed by atoms with E-state index < -0.39 is 22.5 Å². The van der Waals surface area contributed by atoms with E-state index in [9.17, 15) is 13.2 Å². The van der Waals surface area contributed by atoms with Crippen molar-refractivity contribution in [3.8, 4) is 23.0 Å². The molecule has 3 aromatic rings. The van der Waals surface area contributed by atoms with E-state index in [0.717, 1.165) is 4.31 Å². The number of carbonyl (C=O) groups excluding carboxylic acids is 1. The monoisotopic (exact) mass is 534 g/mol. The van der Waals surface area contributed by atoms with Gasteiger partial charge in [-0.3, -0.25) is 9.10 Å². The van der Waals surface area contributed by atoms with Gasteiger partial charge in [-0.2, -0.15) is 0 Å². The Labute approximate surface area is 215 Å². The topological polar surface area (TPSA) is 103 Å². The highest BCUT2D eigenvalue weighted by atomic mass is 35.5. The van der Waals surface area contributed by atoms with E-state index in [1.165, 1.54) is 52.7 Å². The van der Waals surface area contributed by atoms with Crippen LogP contribution in [0.5, 0.6) is 23.0 Å². The lowest BCUT2D eigenvalue weighted by Crippen LogP contribution is -2.41. The van der Waals surface area contributed by atoms with E-state index in [1.54, 1.807) is 36.4 Å². The van der Waals surface area contributed by atoms with E-state index in [1.807, 2.05) is 0 Å². The van der Waals surface area contributed by atoms with Crippen LogP contribution >= 0.6 is 11.6 Å². The number of nitrogens with zero attached hydrogens (tertiary/aromatic N) is 1. The second kappa shape index (κ2) is 11.9. The molecule has 1 amide bonds. The molecule has 36 heavy (non-hydrogen) atoms. The van der Waals surface area contributed by atoms with Crippen LogP contribution in [0.3, 0.4) is 0 Å². The highest BCUT2D eigenvalue weighted by molar-refractivity contribution is 7.92. The summed E-state index contributed by atoms with van der Waals surface area (Å²) in [5.41, 5.74) is 0.820. The van der Waals surface area contributed by atoms with Gasteiger partial charge in [0.25, 0.3) is 10.0 Å². The van der Waals surface area contributed by atoms with Gasteiger partial charge in [0.15, 0.2) is 11.5 Å². The zero-order chi connectivity index (χ0) is 26.3. The summed E-state index contributed by atoms with van der Waals surface area (Å²) >= 11 is 6.18. The summed E-state index contributed by atoms with van der Waals surface area (Å²) in [6, 6.07) is 15.9. The lowest BCUT2D eigenvalue weighted by Gasteiger charge is -2.26. The molecular weight excluding hydrogens is 508 g/mol. The van der Waals surface area contributed by atoms with Gasteiger partial charge in [-0.1, -0.05) is 29.8 Å². The van der Waals surface area contributed by atoms with Gasteiger partial charge in [0.05, 0.1) is 39.0 Å². The van der Waals surface area contributed by atoms with Crippen molar-refractivity contribution in [2.45, 2.75) is 11.4 Å². The van der Waals surface area contributed by atoms with Crippen LogP contribution in [0.4, 0.5) is 5.69 Å². The van der Waals surface area contributed by atoms with Gasteiger partial charge in [0, 0.05) is 23.7 Å².